The maximum atomic E-state index is 9.86. The highest BCUT2D eigenvalue weighted by molar-refractivity contribution is 5.88. The lowest BCUT2D eigenvalue weighted by molar-refractivity contribution is 0.107. The van der Waals surface area contributed by atoms with Gasteiger partial charge in [-0.25, -0.2) is 0 Å². The van der Waals surface area contributed by atoms with Crippen molar-refractivity contribution in [1.82, 2.24) is 5.32 Å². The first-order valence-corrected chi connectivity index (χ1v) is 7.00. The van der Waals surface area contributed by atoms with E-state index in [9.17, 15) is 5.11 Å². The minimum absolute atomic E-state index is 0.281. The Balaban J connectivity index is 1.86. The van der Waals surface area contributed by atoms with Crippen LogP contribution in [-0.2, 0) is 0 Å². The van der Waals surface area contributed by atoms with E-state index in [1.54, 1.807) is 0 Å². The molecular weight excluding hydrogens is 252 g/mol. The second kappa shape index (κ2) is 7.85. The first-order valence-electron chi connectivity index (χ1n) is 7.00. The summed E-state index contributed by atoms with van der Waals surface area (Å²) in [5.74, 6) is 0.809. The summed E-state index contributed by atoms with van der Waals surface area (Å²) in [6.45, 7) is 2.28. The molecule has 0 saturated carbocycles. The van der Waals surface area contributed by atoms with Gasteiger partial charge in [-0.3, -0.25) is 0 Å². The normalized spacial score (nSPS) is 12.5. The maximum absolute atomic E-state index is 9.86. The number of aliphatic hydroxyl groups excluding tert-OH is 1. The van der Waals surface area contributed by atoms with Crippen molar-refractivity contribution in [3.8, 4) is 5.75 Å². The molecule has 0 aliphatic heterocycles. The maximum Gasteiger partial charge on any atom is 0.127 e. The van der Waals surface area contributed by atoms with Crippen LogP contribution in [0.2, 0.25) is 0 Å². The van der Waals surface area contributed by atoms with Gasteiger partial charge in [0.2, 0.25) is 0 Å². The van der Waals surface area contributed by atoms with E-state index in [0.717, 1.165) is 29.5 Å². The van der Waals surface area contributed by atoms with Gasteiger partial charge in [0.15, 0.2) is 0 Å². The monoisotopic (exact) mass is 274 g/mol. The number of fused-ring (bicyclic) bond motifs is 1. The molecule has 0 saturated heterocycles. The second-order valence-corrected chi connectivity index (χ2v) is 4.79. The van der Waals surface area contributed by atoms with Crippen LogP contribution in [0, 0.1) is 0 Å². The third-order valence-corrected chi connectivity index (χ3v) is 3.12. The minimum atomic E-state index is -0.522. The molecule has 4 heteroatoms. The van der Waals surface area contributed by atoms with Gasteiger partial charge in [-0.1, -0.05) is 36.4 Å². The molecule has 0 aromatic heterocycles. The van der Waals surface area contributed by atoms with Crippen LogP contribution in [0.1, 0.15) is 6.42 Å². The van der Waals surface area contributed by atoms with Crippen molar-refractivity contribution in [2.45, 2.75) is 12.5 Å². The third-order valence-electron chi connectivity index (χ3n) is 3.12. The summed E-state index contributed by atoms with van der Waals surface area (Å²) in [7, 11) is 0. The first-order chi connectivity index (χ1) is 9.81. The number of hydrogen-bond acceptors (Lipinski definition) is 4. The number of nitrogens with one attached hydrogen (secondary N) is 1. The van der Waals surface area contributed by atoms with Crippen molar-refractivity contribution < 1.29 is 9.84 Å². The molecule has 0 heterocycles. The van der Waals surface area contributed by atoms with E-state index in [0.29, 0.717) is 13.1 Å². The highest BCUT2D eigenvalue weighted by Crippen LogP contribution is 2.25. The van der Waals surface area contributed by atoms with Crippen LogP contribution in [0.25, 0.3) is 10.8 Å². The molecule has 2 aromatic carbocycles. The van der Waals surface area contributed by atoms with Gasteiger partial charge in [-0.2, -0.15) is 0 Å². The number of hydrogen-bond donors (Lipinski definition) is 3. The molecule has 0 aliphatic carbocycles. The fourth-order valence-electron chi connectivity index (χ4n) is 2.06. The van der Waals surface area contributed by atoms with Gasteiger partial charge >= 0.3 is 0 Å². The quantitative estimate of drug-likeness (QED) is 0.638. The third kappa shape index (κ3) is 4.20. The summed E-state index contributed by atoms with van der Waals surface area (Å²) < 4.78 is 5.72. The lowest BCUT2D eigenvalue weighted by atomic mass is 10.1. The Kier molecular flexibility index (Phi) is 5.80. The van der Waals surface area contributed by atoms with E-state index < -0.39 is 6.10 Å². The standard InChI is InChI=1S/C16H22N2O2/c17-9-4-10-18-11-14(19)12-20-16-8-3-6-13-5-1-2-7-15(13)16/h1-3,5-8,14,18-19H,4,9-12,17H2/t14-/m0/s1. The van der Waals surface area contributed by atoms with Gasteiger partial charge in [0.25, 0.3) is 0 Å². The van der Waals surface area contributed by atoms with Crippen LogP contribution in [0.3, 0.4) is 0 Å². The molecule has 20 heavy (non-hydrogen) atoms. The van der Waals surface area contributed by atoms with Gasteiger partial charge < -0.3 is 20.9 Å². The van der Waals surface area contributed by atoms with E-state index in [4.69, 9.17) is 10.5 Å². The number of nitrogens with two attached hydrogens (primary N) is 1. The average molecular weight is 274 g/mol. The summed E-state index contributed by atoms with van der Waals surface area (Å²) in [6.07, 6.45) is 0.392. The van der Waals surface area contributed by atoms with Crippen LogP contribution in [-0.4, -0.2) is 37.5 Å². The van der Waals surface area contributed by atoms with Gasteiger partial charge in [-0.15, -0.1) is 0 Å². The fourth-order valence-corrected chi connectivity index (χ4v) is 2.06. The van der Waals surface area contributed by atoms with Gasteiger partial charge in [0.05, 0.1) is 0 Å². The summed E-state index contributed by atoms with van der Waals surface area (Å²) in [5.41, 5.74) is 5.41. The van der Waals surface area contributed by atoms with Crippen molar-refractivity contribution >= 4 is 10.8 Å². The molecule has 4 nitrogen and oxygen atoms in total. The highest BCUT2D eigenvalue weighted by atomic mass is 16.5. The minimum Gasteiger partial charge on any atom is -0.490 e. The number of ether oxygens (including phenoxy) is 1. The average Bonchev–Trinajstić information content (AvgIpc) is 2.49. The van der Waals surface area contributed by atoms with Gasteiger partial charge in [-0.05, 0) is 31.0 Å². The van der Waals surface area contributed by atoms with Crippen LogP contribution < -0.4 is 15.8 Å². The summed E-state index contributed by atoms with van der Waals surface area (Å²) in [6, 6.07) is 14.0. The molecule has 2 aromatic rings. The van der Waals surface area contributed by atoms with Gasteiger partial charge in [0, 0.05) is 11.9 Å². The molecule has 0 aliphatic rings. The summed E-state index contributed by atoms with van der Waals surface area (Å²) in [5, 5.41) is 15.2. The number of rotatable bonds is 8. The lowest BCUT2D eigenvalue weighted by Crippen LogP contribution is -2.32. The summed E-state index contributed by atoms with van der Waals surface area (Å²) in [4.78, 5) is 0. The van der Waals surface area contributed by atoms with E-state index in [1.807, 2.05) is 42.5 Å². The Bertz CT molecular complexity index is 525. The predicted octanol–water partition coefficient (Wildman–Crippen LogP) is 1.52. The van der Waals surface area contributed by atoms with E-state index in [1.165, 1.54) is 0 Å². The van der Waals surface area contributed by atoms with Crippen molar-refractivity contribution in [3.63, 3.8) is 0 Å². The van der Waals surface area contributed by atoms with Crippen LogP contribution in [0.5, 0.6) is 5.75 Å². The molecule has 4 N–H and O–H groups in total. The van der Waals surface area contributed by atoms with Crippen molar-refractivity contribution in [1.29, 1.82) is 0 Å². The van der Waals surface area contributed by atoms with Crippen LogP contribution in [0.4, 0.5) is 0 Å². The van der Waals surface area contributed by atoms with E-state index in [-0.39, 0.29) is 6.61 Å². The predicted molar refractivity (Wildman–Crippen MR) is 82.0 cm³/mol. The lowest BCUT2D eigenvalue weighted by Gasteiger charge is -2.14. The van der Waals surface area contributed by atoms with Crippen LogP contribution in [0.15, 0.2) is 42.5 Å². The molecule has 0 bridgehead atoms. The largest absolute Gasteiger partial charge is 0.490 e. The Morgan fingerprint density at radius 3 is 2.80 bits per heavy atom. The zero-order valence-corrected chi connectivity index (χ0v) is 11.6. The molecule has 0 spiro atoms. The Morgan fingerprint density at radius 2 is 1.95 bits per heavy atom. The van der Waals surface area contributed by atoms with Crippen molar-refractivity contribution in [2.75, 3.05) is 26.2 Å². The number of aliphatic hydroxyl groups is 1. The van der Waals surface area contributed by atoms with Crippen molar-refractivity contribution in [2.24, 2.45) is 5.73 Å². The van der Waals surface area contributed by atoms with E-state index >= 15 is 0 Å². The summed E-state index contributed by atoms with van der Waals surface area (Å²) >= 11 is 0. The molecule has 108 valence electrons. The second-order valence-electron chi connectivity index (χ2n) is 4.79. The fraction of sp³-hybridized carbons (Fsp3) is 0.375. The molecule has 1 atom stereocenters. The Labute approximate surface area is 119 Å². The molecular formula is C16H22N2O2. The van der Waals surface area contributed by atoms with E-state index in [2.05, 4.69) is 5.32 Å². The van der Waals surface area contributed by atoms with Gasteiger partial charge in [0.1, 0.15) is 18.5 Å². The SMILES string of the molecule is NCCCNC[C@H](O)COc1cccc2ccccc12. The highest BCUT2D eigenvalue weighted by Gasteiger charge is 2.06. The number of benzene rings is 2. The molecule has 0 unspecified atom stereocenters. The molecule has 0 amide bonds. The smallest absolute Gasteiger partial charge is 0.127 e. The Morgan fingerprint density at radius 1 is 1.15 bits per heavy atom. The first kappa shape index (κ1) is 14.8. The Hall–Kier alpha value is -1.62. The van der Waals surface area contributed by atoms with Crippen molar-refractivity contribution in [3.05, 3.63) is 42.5 Å². The molecule has 2 rings (SSSR count). The molecule has 0 radical (unpaired) electrons. The zero-order valence-electron chi connectivity index (χ0n) is 11.6. The van der Waals surface area contributed by atoms with Crippen LogP contribution >= 0.6 is 0 Å². The topological polar surface area (TPSA) is 67.5 Å². The molecule has 0 fully saturated rings. The zero-order chi connectivity index (χ0) is 14.2.